The highest BCUT2D eigenvalue weighted by atomic mass is 35.5. The van der Waals surface area contributed by atoms with Crippen molar-refractivity contribution in [1.29, 1.82) is 0 Å². The number of aromatic nitrogens is 1. The number of rotatable bonds is 5. The lowest BCUT2D eigenvalue weighted by Crippen LogP contribution is -2.41. The first-order chi connectivity index (χ1) is 13.9. The third-order valence-electron chi connectivity index (χ3n) is 5.45. The summed E-state index contributed by atoms with van der Waals surface area (Å²) in [6, 6.07) is 6.12. The van der Waals surface area contributed by atoms with Gasteiger partial charge in [0.2, 0.25) is 5.43 Å². The quantitative estimate of drug-likeness (QED) is 0.632. The first-order valence-electron chi connectivity index (χ1n) is 9.48. The molecule has 2 aromatic heterocycles. The summed E-state index contributed by atoms with van der Waals surface area (Å²) in [4.78, 5) is 25.5. The van der Waals surface area contributed by atoms with E-state index in [1.54, 1.807) is 15.9 Å². The third kappa shape index (κ3) is 4.17. The fraction of sp³-hybridized carbons (Fsp3) is 0.333. The molecule has 1 aliphatic rings. The Morgan fingerprint density at radius 3 is 2.90 bits per heavy atom. The Morgan fingerprint density at radius 2 is 2.10 bits per heavy atom. The van der Waals surface area contributed by atoms with Gasteiger partial charge in [-0.25, -0.2) is 4.79 Å². The lowest BCUT2D eigenvalue weighted by atomic mass is 10.0. The Balaban J connectivity index is 1.59. The lowest BCUT2D eigenvalue weighted by molar-refractivity contribution is 0.0693. The summed E-state index contributed by atoms with van der Waals surface area (Å²) in [7, 11) is 0. The Kier molecular flexibility index (Phi) is 5.63. The number of fused-ring (bicyclic) bond motifs is 1. The van der Waals surface area contributed by atoms with E-state index in [4.69, 9.17) is 11.6 Å². The van der Waals surface area contributed by atoms with Crippen molar-refractivity contribution < 1.29 is 15.0 Å². The van der Waals surface area contributed by atoms with Crippen LogP contribution in [0.15, 0.2) is 40.8 Å². The zero-order chi connectivity index (χ0) is 20.5. The molecule has 152 valence electrons. The molecule has 0 bridgehead atoms. The lowest BCUT2D eigenvalue weighted by Gasteiger charge is -2.36. The number of thiophene rings is 1. The van der Waals surface area contributed by atoms with Gasteiger partial charge in [0.15, 0.2) is 5.75 Å². The molecular formula is C21H21ClN2O4S. The molecule has 4 rings (SSSR count). The van der Waals surface area contributed by atoms with Crippen LogP contribution in [0.1, 0.15) is 35.2 Å². The van der Waals surface area contributed by atoms with Crippen molar-refractivity contribution in [3.63, 3.8) is 0 Å². The summed E-state index contributed by atoms with van der Waals surface area (Å²) in [5.41, 5.74) is -0.0323. The smallest absolute Gasteiger partial charge is 0.341 e. The average molecular weight is 433 g/mol. The van der Waals surface area contributed by atoms with Gasteiger partial charge in [0.05, 0.1) is 0 Å². The van der Waals surface area contributed by atoms with Crippen LogP contribution in [0.25, 0.3) is 10.1 Å². The highest BCUT2D eigenvalue weighted by molar-refractivity contribution is 7.17. The van der Waals surface area contributed by atoms with Gasteiger partial charge in [-0.05, 0) is 53.9 Å². The van der Waals surface area contributed by atoms with Crippen LogP contribution < -0.4 is 5.43 Å². The van der Waals surface area contributed by atoms with Crippen LogP contribution >= 0.6 is 22.9 Å². The van der Waals surface area contributed by atoms with Crippen LogP contribution in [0.4, 0.5) is 0 Å². The van der Waals surface area contributed by atoms with Gasteiger partial charge in [-0.15, -0.1) is 11.3 Å². The monoisotopic (exact) mass is 432 g/mol. The number of likely N-dealkylation sites (tertiary alicyclic amines) is 1. The molecule has 1 aromatic carbocycles. The first-order valence-corrected chi connectivity index (χ1v) is 10.7. The topological polar surface area (TPSA) is 82.8 Å². The summed E-state index contributed by atoms with van der Waals surface area (Å²) < 4.78 is 2.82. The molecule has 6 nitrogen and oxygen atoms in total. The van der Waals surface area contributed by atoms with E-state index in [2.05, 4.69) is 10.3 Å². The van der Waals surface area contributed by atoms with E-state index >= 15 is 0 Å². The van der Waals surface area contributed by atoms with Crippen LogP contribution in [0.2, 0.25) is 5.02 Å². The normalized spacial score (nSPS) is 17.6. The Labute approximate surface area is 176 Å². The average Bonchev–Trinajstić information content (AvgIpc) is 3.07. The molecule has 3 aromatic rings. The van der Waals surface area contributed by atoms with Crippen molar-refractivity contribution in [2.75, 3.05) is 6.54 Å². The number of carboxylic acid groups (broad SMARTS) is 1. The first kappa shape index (κ1) is 19.9. The molecular weight excluding hydrogens is 412 g/mol. The second kappa shape index (κ2) is 8.18. The standard InChI is InChI=1S/C21H21ClN2O4S/c22-14-4-5-19-16(7-14)13(12-29-19)8-24-6-2-1-3-15(24)9-23-10-17(21(27)28)20(26)18(25)11-23/h4-5,7,10-12,15,25H,1-3,6,8-9H2,(H,27,28). The van der Waals surface area contributed by atoms with E-state index < -0.39 is 22.7 Å². The molecule has 2 N–H and O–H groups in total. The maximum Gasteiger partial charge on any atom is 0.341 e. The van der Waals surface area contributed by atoms with Crippen LogP contribution in [-0.4, -0.2) is 38.2 Å². The summed E-state index contributed by atoms with van der Waals surface area (Å²) in [5, 5.41) is 23.1. The number of carboxylic acids is 1. The van der Waals surface area contributed by atoms with Crippen LogP contribution in [0.3, 0.4) is 0 Å². The van der Waals surface area contributed by atoms with Crippen molar-refractivity contribution in [2.24, 2.45) is 0 Å². The minimum atomic E-state index is -1.33. The fourth-order valence-corrected chi connectivity index (χ4v) is 5.09. The van der Waals surface area contributed by atoms with Crippen molar-refractivity contribution in [3.05, 3.63) is 62.3 Å². The molecule has 1 saturated heterocycles. The Morgan fingerprint density at radius 1 is 1.28 bits per heavy atom. The SMILES string of the molecule is O=C(O)c1cn(CC2CCCCN2Cc2csc3ccc(Cl)cc23)cc(O)c1=O. The minimum absolute atomic E-state index is 0.182. The molecule has 29 heavy (non-hydrogen) atoms. The van der Waals surface area contributed by atoms with Crippen LogP contribution in [0, 0.1) is 0 Å². The number of hydrogen-bond acceptors (Lipinski definition) is 5. The number of aromatic hydroxyl groups is 1. The molecule has 1 unspecified atom stereocenters. The van der Waals surface area contributed by atoms with E-state index in [0.717, 1.165) is 37.4 Å². The molecule has 0 aliphatic carbocycles. The fourth-order valence-electron chi connectivity index (χ4n) is 3.99. The van der Waals surface area contributed by atoms with Crippen LogP contribution in [0.5, 0.6) is 5.75 Å². The highest BCUT2D eigenvalue weighted by Crippen LogP contribution is 2.31. The number of aromatic carboxylic acids is 1. The van der Waals surface area contributed by atoms with Crippen molar-refractivity contribution >= 4 is 39.0 Å². The van der Waals surface area contributed by atoms with Gasteiger partial charge >= 0.3 is 5.97 Å². The molecule has 1 atom stereocenters. The second-order valence-electron chi connectivity index (χ2n) is 7.41. The molecule has 0 radical (unpaired) electrons. The predicted molar refractivity (Wildman–Crippen MR) is 114 cm³/mol. The maximum atomic E-state index is 11.8. The van der Waals surface area contributed by atoms with Crippen molar-refractivity contribution in [3.8, 4) is 5.75 Å². The van der Waals surface area contributed by atoms with Gasteiger partial charge in [-0.3, -0.25) is 9.69 Å². The minimum Gasteiger partial charge on any atom is -0.503 e. The molecule has 1 aliphatic heterocycles. The summed E-state index contributed by atoms with van der Waals surface area (Å²) in [6.07, 6.45) is 5.81. The maximum absolute atomic E-state index is 11.8. The van der Waals surface area contributed by atoms with Crippen molar-refractivity contribution in [2.45, 2.75) is 38.4 Å². The number of nitrogens with zero attached hydrogens (tertiary/aromatic N) is 2. The number of pyridine rings is 1. The molecule has 0 amide bonds. The third-order valence-corrected chi connectivity index (χ3v) is 6.70. The number of carbonyl (C=O) groups is 1. The zero-order valence-corrected chi connectivity index (χ0v) is 17.2. The van der Waals surface area contributed by atoms with Gasteiger partial charge in [-0.2, -0.15) is 0 Å². The molecule has 3 heterocycles. The van der Waals surface area contributed by atoms with E-state index in [1.807, 2.05) is 18.2 Å². The van der Waals surface area contributed by atoms with Gasteiger partial charge in [0.1, 0.15) is 5.56 Å². The molecule has 1 fully saturated rings. The number of benzene rings is 1. The molecule has 0 spiro atoms. The van der Waals surface area contributed by atoms with E-state index in [0.29, 0.717) is 6.54 Å². The predicted octanol–water partition coefficient (Wildman–Crippen LogP) is 4.17. The molecule has 8 heteroatoms. The Bertz CT molecular complexity index is 1120. The highest BCUT2D eigenvalue weighted by Gasteiger charge is 2.24. The van der Waals surface area contributed by atoms with E-state index in [9.17, 15) is 19.8 Å². The largest absolute Gasteiger partial charge is 0.503 e. The van der Waals surface area contributed by atoms with Gasteiger partial charge in [0.25, 0.3) is 0 Å². The van der Waals surface area contributed by atoms with Gasteiger partial charge in [0, 0.05) is 41.2 Å². The number of piperidine rings is 1. The summed E-state index contributed by atoms with van der Waals surface area (Å²) in [5.74, 6) is -1.87. The summed E-state index contributed by atoms with van der Waals surface area (Å²) in [6.45, 7) is 2.24. The second-order valence-corrected chi connectivity index (χ2v) is 8.76. The molecule has 0 saturated carbocycles. The van der Waals surface area contributed by atoms with Crippen LogP contribution in [-0.2, 0) is 13.1 Å². The van der Waals surface area contributed by atoms with Crippen molar-refractivity contribution in [1.82, 2.24) is 9.47 Å². The van der Waals surface area contributed by atoms with E-state index in [-0.39, 0.29) is 6.04 Å². The Hall–Kier alpha value is -2.35. The zero-order valence-electron chi connectivity index (χ0n) is 15.7. The van der Waals surface area contributed by atoms with Gasteiger partial charge < -0.3 is 14.8 Å². The number of hydrogen-bond donors (Lipinski definition) is 2. The van der Waals surface area contributed by atoms with Gasteiger partial charge in [-0.1, -0.05) is 18.0 Å². The van der Waals surface area contributed by atoms with E-state index in [1.165, 1.54) is 28.0 Å². The number of halogens is 1. The summed E-state index contributed by atoms with van der Waals surface area (Å²) >= 11 is 7.89.